The quantitative estimate of drug-likeness (QED) is 0.816. The first-order valence-corrected chi connectivity index (χ1v) is 6.46. The predicted molar refractivity (Wildman–Crippen MR) is 75.0 cm³/mol. The van der Waals surface area contributed by atoms with Crippen LogP contribution in [0.3, 0.4) is 0 Å². The van der Waals surface area contributed by atoms with Crippen LogP contribution in [0.25, 0.3) is 11.4 Å². The lowest BCUT2D eigenvalue weighted by atomic mass is 10.0. The van der Waals surface area contributed by atoms with Crippen molar-refractivity contribution in [1.29, 1.82) is 0 Å². The Balaban J connectivity index is 2.28. The number of rotatable bonds is 7. The zero-order chi connectivity index (χ0) is 13.5. The molecule has 102 valence electrons. The van der Waals surface area contributed by atoms with Crippen molar-refractivity contribution < 1.29 is 4.74 Å². The van der Waals surface area contributed by atoms with Gasteiger partial charge < -0.3 is 14.6 Å². The standard InChI is InChI=1S/C14H20N4O/c1-15-8-7-12-5-3-4-6-13(12)14-17-16-11-18(14)9-10-19-2/h3-6,11,15H,7-10H2,1-2H3. The van der Waals surface area contributed by atoms with Crippen LogP contribution in [0.1, 0.15) is 5.56 Å². The summed E-state index contributed by atoms with van der Waals surface area (Å²) in [6.07, 6.45) is 2.73. The van der Waals surface area contributed by atoms with E-state index in [0.717, 1.165) is 30.9 Å². The van der Waals surface area contributed by atoms with Gasteiger partial charge in [0, 0.05) is 19.2 Å². The fourth-order valence-electron chi connectivity index (χ4n) is 2.03. The molecule has 0 atom stereocenters. The van der Waals surface area contributed by atoms with E-state index in [0.29, 0.717) is 6.61 Å². The number of aromatic nitrogens is 3. The number of hydrogen-bond donors (Lipinski definition) is 1. The van der Waals surface area contributed by atoms with Crippen molar-refractivity contribution in [3.05, 3.63) is 36.2 Å². The van der Waals surface area contributed by atoms with E-state index in [9.17, 15) is 0 Å². The van der Waals surface area contributed by atoms with E-state index in [1.807, 2.05) is 17.7 Å². The van der Waals surface area contributed by atoms with Crippen molar-refractivity contribution in [2.75, 3.05) is 27.3 Å². The number of methoxy groups -OCH3 is 1. The molecule has 1 aromatic carbocycles. The number of nitrogens with one attached hydrogen (secondary N) is 1. The van der Waals surface area contributed by atoms with Gasteiger partial charge in [-0.3, -0.25) is 0 Å². The minimum atomic E-state index is 0.656. The maximum atomic E-state index is 5.11. The lowest BCUT2D eigenvalue weighted by Crippen LogP contribution is -2.12. The Labute approximate surface area is 113 Å². The van der Waals surface area contributed by atoms with Gasteiger partial charge in [-0.05, 0) is 25.6 Å². The number of benzene rings is 1. The van der Waals surface area contributed by atoms with Crippen LogP contribution < -0.4 is 5.32 Å². The summed E-state index contributed by atoms with van der Waals surface area (Å²) >= 11 is 0. The van der Waals surface area contributed by atoms with Gasteiger partial charge in [0.2, 0.25) is 0 Å². The average Bonchev–Trinajstić information content (AvgIpc) is 2.91. The Kier molecular flexibility index (Phi) is 5.06. The summed E-state index contributed by atoms with van der Waals surface area (Å²) < 4.78 is 7.14. The highest BCUT2D eigenvalue weighted by atomic mass is 16.5. The normalized spacial score (nSPS) is 10.8. The van der Waals surface area contributed by atoms with Gasteiger partial charge in [-0.25, -0.2) is 0 Å². The summed E-state index contributed by atoms with van der Waals surface area (Å²) in [4.78, 5) is 0. The molecule has 0 fully saturated rings. The topological polar surface area (TPSA) is 52.0 Å². The van der Waals surface area contributed by atoms with Gasteiger partial charge in [0.1, 0.15) is 6.33 Å². The first-order valence-electron chi connectivity index (χ1n) is 6.46. The molecule has 1 aromatic heterocycles. The highest BCUT2D eigenvalue weighted by Crippen LogP contribution is 2.21. The molecule has 0 bridgehead atoms. The van der Waals surface area contributed by atoms with Crippen molar-refractivity contribution in [3.8, 4) is 11.4 Å². The van der Waals surface area contributed by atoms with Gasteiger partial charge in [0.15, 0.2) is 5.82 Å². The van der Waals surface area contributed by atoms with Crippen molar-refractivity contribution in [2.45, 2.75) is 13.0 Å². The molecule has 2 aromatic rings. The fraction of sp³-hybridized carbons (Fsp3) is 0.429. The Morgan fingerprint density at radius 2 is 2.16 bits per heavy atom. The summed E-state index contributed by atoms with van der Waals surface area (Å²) in [5.74, 6) is 0.906. The zero-order valence-corrected chi connectivity index (χ0v) is 11.5. The first-order chi connectivity index (χ1) is 9.36. The van der Waals surface area contributed by atoms with Crippen LogP contribution in [0.15, 0.2) is 30.6 Å². The third-order valence-electron chi connectivity index (χ3n) is 3.05. The lowest BCUT2D eigenvalue weighted by molar-refractivity contribution is 0.187. The Hall–Kier alpha value is -1.72. The van der Waals surface area contributed by atoms with Crippen molar-refractivity contribution >= 4 is 0 Å². The van der Waals surface area contributed by atoms with Crippen LogP contribution in [0.4, 0.5) is 0 Å². The van der Waals surface area contributed by atoms with Crippen molar-refractivity contribution in [2.24, 2.45) is 0 Å². The number of nitrogens with zero attached hydrogens (tertiary/aromatic N) is 3. The van der Waals surface area contributed by atoms with E-state index < -0.39 is 0 Å². The summed E-state index contributed by atoms with van der Waals surface area (Å²) in [7, 11) is 3.66. The third-order valence-corrected chi connectivity index (χ3v) is 3.05. The summed E-state index contributed by atoms with van der Waals surface area (Å²) in [6.45, 7) is 2.37. The second-order valence-corrected chi connectivity index (χ2v) is 4.35. The van der Waals surface area contributed by atoms with Gasteiger partial charge in [0.05, 0.1) is 6.61 Å². The predicted octanol–water partition coefficient (Wildman–Crippen LogP) is 1.35. The first kappa shape index (κ1) is 13.7. The van der Waals surface area contributed by atoms with Crippen LogP contribution in [0.5, 0.6) is 0 Å². The maximum Gasteiger partial charge on any atom is 0.164 e. The van der Waals surface area contributed by atoms with E-state index in [1.165, 1.54) is 5.56 Å². The molecule has 0 spiro atoms. The second kappa shape index (κ2) is 7.01. The van der Waals surface area contributed by atoms with E-state index in [1.54, 1.807) is 13.4 Å². The molecular weight excluding hydrogens is 240 g/mol. The number of ether oxygens (including phenoxy) is 1. The van der Waals surface area contributed by atoms with Crippen LogP contribution in [0, 0.1) is 0 Å². The molecule has 1 heterocycles. The minimum Gasteiger partial charge on any atom is -0.383 e. The zero-order valence-electron chi connectivity index (χ0n) is 11.5. The summed E-state index contributed by atoms with van der Waals surface area (Å²) in [6, 6.07) is 8.33. The fourth-order valence-corrected chi connectivity index (χ4v) is 2.03. The highest BCUT2D eigenvalue weighted by Gasteiger charge is 2.10. The van der Waals surface area contributed by atoms with Crippen LogP contribution >= 0.6 is 0 Å². The molecule has 19 heavy (non-hydrogen) atoms. The van der Waals surface area contributed by atoms with E-state index in [2.05, 4.69) is 33.7 Å². The Morgan fingerprint density at radius 3 is 2.95 bits per heavy atom. The van der Waals surface area contributed by atoms with E-state index in [-0.39, 0.29) is 0 Å². The van der Waals surface area contributed by atoms with Crippen molar-refractivity contribution in [3.63, 3.8) is 0 Å². The van der Waals surface area contributed by atoms with E-state index >= 15 is 0 Å². The van der Waals surface area contributed by atoms with Gasteiger partial charge in [-0.15, -0.1) is 10.2 Å². The minimum absolute atomic E-state index is 0.656. The molecule has 5 nitrogen and oxygen atoms in total. The largest absolute Gasteiger partial charge is 0.383 e. The monoisotopic (exact) mass is 260 g/mol. The SMILES string of the molecule is CNCCc1ccccc1-c1nncn1CCOC. The maximum absolute atomic E-state index is 5.11. The van der Waals surface area contributed by atoms with Gasteiger partial charge >= 0.3 is 0 Å². The smallest absolute Gasteiger partial charge is 0.164 e. The van der Waals surface area contributed by atoms with Crippen LogP contribution in [0.2, 0.25) is 0 Å². The molecule has 0 saturated carbocycles. The lowest BCUT2D eigenvalue weighted by Gasteiger charge is -2.10. The average molecular weight is 260 g/mol. The number of likely N-dealkylation sites (N-methyl/N-ethyl adjacent to an activating group) is 1. The molecule has 0 radical (unpaired) electrons. The molecule has 2 rings (SSSR count). The molecule has 0 aliphatic carbocycles. The Morgan fingerprint density at radius 1 is 1.32 bits per heavy atom. The van der Waals surface area contributed by atoms with Gasteiger partial charge in [-0.2, -0.15) is 0 Å². The second-order valence-electron chi connectivity index (χ2n) is 4.35. The van der Waals surface area contributed by atoms with E-state index in [4.69, 9.17) is 4.74 Å². The summed E-state index contributed by atoms with van der Waals surface area (Å²) in [5.41, 5.74) is 2.43. The molecular formula is C14H20N4O. The third kappa shape index (κ3) is 3.39. The van der Waals surface area contributed by atoms with Gasteiger partial charge in [-0.1, -0.05) is 24.3 Å². The van der Waals surface area contributed by atoms with Crippen LogP contribution in [-0.4, -0.2) is 42.1 Å². The van der Waals surface area contributed by atoms with Crippen molar-refractivity contribution in [1.82, 2.24) is 20.1 Å². The molecule has 0 aliphatic heterocycles. The molecule has 5 heteroatoms. The van der Waals surface area contributed by atoms with Crippen LogP contribution in [-0.2, 0) is 17.7 Å². The molecule has 0 unspecified atom stereocenters. The molecule has 0 saturated heterocycles. The molecule has 0 aliphatic rings. The van der Waals surface area contributed by atoms with Gasteiger partial charge in [0.25, 0.3) is 0 Å². The Bertz CT molecular complexity index is 510. The molecule has 0 amide bonds. The molecule has 1 N–H and O–H groups in total. The highest BCUT2D eigenvalue weighted by molar-refractivity contribution is 5.60. The number of hydrogen-bond acceptors (Lipinski definition) is 4. The summed E-state index contributed by atoms with van der Waals surface area (Å²) in [5, 5.41) is 11.4.